The standard InChI is InChI=1S/C12H14O/c1-8-7-9(2)12(13)11-6-4-3-5-10(8)11/h3-7,9,12-13H,1-2H3/t9-,12-/m0/s1. The van der Waals surface area contributed by atoms with E-state index in [4.69, 9.17) is 0 Å². The number of fused-ring (bicyclic) bond motifs is 1. The molecule has 1 aliphatic carbocycles. The van der Waals surface area contributed by atoms with E-state index in [9.17, 15) is 5.11 Å². The molecule has 1 N–H and O–H groups in total. The van der Waals surface area contributed by atoms with Crippen LogP contribution in [0.4, 0.5) is 0 Å². The van der Waals surface area contributed by atoms with Crippen LogP contribution in [-0.2, 0) is 0 Å². The van der Waals surface area contributed by atoms with E-state index in [1.54, 1.807) is 0 Å². The van der Waals surface area contributed by atoms with Gasteiger partial charge in [-0.05, 0) is 23.6 Å². The van der Waals surface area contributed by atoms with Gasteiger partial charge in [0.2, 0.25) is 0 Å². The summed E-state index contributed by atoms with van der Waals surface area (Å²) in [5, 5.41) is 9.90. The highest BCUT2D eigenvalue weighted by Crippen LogP contribution is 2.35. The van der Waals surface area contributed by atoms with Crippen LogP contribution in [0, 0.1) is 5.92 Å². The topological polar surface area (TPSA) is 20.2 Å². The molecule has 2 atom stereocenters. The fourth-order valence-electron chi connectivity index (χ4n) is 1.97. The minimum Gasteiger partial charge on any atom is -0.388 e. The summed E-state index contributed by atoms with van der Waals surface area (Å²) in [5.41, 5.74) is 3.52. The number of hydrogen-bond donors (Lipinski definition) is 1. The second-order valence-electron chi connectivity index (χ2n) is 3.74. The average molecular weight is 174 g/mol. The summed E-state index contributed by atoms with van der Waals surface area (Å²) in [7, 11) is 0. The predicted octanol–water partition coefficient (Wildman–Crippen LogP) is 2.77. The molecule has 0 saturated carbocycles. The first-order chi connectivity index (χ1) is 6.20. The second kappa shape index (κ2) is 3.00. The van der Waals surface area contributed by atoms with Crippen molar-refractivity contribution in [3.63, 3.8) is 0 Å². The molecule has 0 heterocycles. The minimum atomic E-state index is -0.333. The molecule has 0 saturated heterocycles. The van der Waals surface area contributed by atoms with Crippen LogP contribution in [0.25, 0.3) is 5.57 Å². The van der Waals surface area contributed by atoms with Gasteiger partial charge in [0.05, 0.1) is 6.10 Å². The molecule has 0 aliphatic heterocycles. The maximum absolute atomic E-state index is 9.90. The van der Waals surface area contributed by atoms with Crippen molar-refractivity contribution in [3.8, 4) is 0 Å². The molecule has 1 heteroatoms. The first-order valence-electron chi connectivity index (χ1n) is 4.66. The molecule has 0 amide bonds. The lowest BCUT2D eigenvalue weighted by atomic mass is 9.84. The van der Waals surface area contributed by atoms with Crippen molar-refractivity contribution >= 4 is 5.57 Å². The summed E-state index contributed by atoms with van der Waals surface area (Å²) in [4.78, 5) is 0. The van der Waals surface area contributed by atoms with Gasteiger partial charge in [-0.1, -0.05) is 37.3 Å². The van der Waals surface area contributed by atoms with E-state index in [0.717, 1.165) is 5.56 Å². The van der Waals surface area contributed by atoms with Crippen molar-refractivity contribution in [2.24, 2.45) is 5.92 Å². The maximum atomic E-state index is 9.90. The molecule has 0 aromatic heterocycles. The minimum absolute atomic E-state index is 0.231. The number of rotatable bonds is 0. The zero-order valence-corrected chi connectivity index (χ0v) is 7.99. The van der Waals surface area contributed by atoms with Crippen molar-refractivity contribution in [2.75, 3.05) is 0 Å². The molecule has 2 rings (SSSR count). The average Bonchev–Trinajstić information content (AvgIpc) is 2.15. The van der Waals surface area contributed by atoms with E-state index in [2.05, 4.69) is 19.1 Å². The molecule has 0 radical (unpaired) electrons. The highest BCUT2D eigenvalue weighted by atomic mass is 16.3. The predicted molar refractivity (Wildman–Crippen MR) is 54.2 cm³/mol. The molecule has 0 spiro atoms. The van der Waals surface area contributed by atoms with Gasteiger partial charge in [-0.2, -0.15) is 0 Å². The monoisotopic (exact) mass is 174 g/mol. The zero-order chi connectivity index (χ0) is 9.42. The van der Waals surface area contributed by atoms with Crippen LogP contribution in [0.3, 0.4) is 0 Å². The highest BCUT2D eigenvalue weighted by Gasteiger charge is 2.22. The largest absolute Gasteiger partial charge is 0.388 e. The van der Waals surface area contributed by atoms with Crippen LogP contribution >= 0.6 is 0 Å². The van der Waals surface area contributed by atoms with Gasteiger partial charge in [0.15, 0.2) is 0 Å². The summed E-state index contributed by atoms with van der Waals surface area (Å²) in [6, 6.07) is 8.06. The van der Waals surface area contributed by atoms with Gasteiger partial charge in [-0.15, -0.1) is 0 Å². The third-order valence-corrected chi connectivity index (χ3v) is 2.72. The summed E-state index contributed by atoms with van der Waals surface area (Å²) in [6.07, 6.45) is 1.80. The van der Waals surface area contributed by atoms with E-state index in [1.807, 2.05) is 25.1 Å². The summed E-state index contributed by atoms with van der Waals surface area (Å²) in [6.45, 7) is 4.14. The normalized spacial score (nSPS) is 26.5. The molecule has 1 aromatic carbocycles. The van der Waals surface area contributed by atoms with E-state index < -0.39 is 0 Å². The molecular weight excluding hydrogens is 160 g/mol. The summed E-state index contributed by atoms with van der Waals surface area (Å²) >= 11 is 0. The van der Waals surface area contributed by atoms with Crippen molar-refractivity contribution in [3.05, 3.63) is 41.5 Å². The SMILES string of the molecule is CC1=C[C@H](C)[C@H](O)c2ccccc21. The fourth-order valence-corrected chi connectivity index (χ4v) is 1.97. The van der Waals surface area contributed by atoms with Crippen molar-refractivity contribution in [2.45, 2.75) is 20.0 Å². The third kappa shape index (κ3) is 1.29. The smallest absolute Gasteiger partial charge is 0.0856 e. The lowest BCUT2D eigenvalue weighted by Gasteiger charge is -2.25. The number of benzene rings is 1. The van der Waals surface area contributed by atoms with Crippen LogP contribution in [-0.4, -0.2) is 5.11 Å². The zero-order valence-electron chi connectivity index (χ0n) is 7.99. The quantitative estimate of drug-likeness (QED) is 0.641. The first kappa shape index (κ1) is 8.52. The Morgan fingerprint density at radius 3 is 2.69 bits per heavy atom. The number of aliphatic hydroxyl groups excluding tert-OH is 1. The van der Waals surface area contributed by atoms with Gasteiger partial charge < -0.3 is 5.11 Å². The van der Waals surface area contributed by atoms with Crippen LogP contribution in [0.5, 0.6) is 0 Å². The van der Waals surface area contributed by atoms with Crippen LogP contribution in [0.2, 0.25) is 0 Å². The Labute approximate surface area is 78.7 Å². The Hall–Kier alpha value is -1.08. The fraction of sp³-hybridized carbons (Fsp3) is 0.333. The van der Waals surface area contributed by atoms with Crippen molar-refractivity contribution in [1.82, 2.24) is 0 Å². The van der Waals surface area contributed by atoms with Crippen LogP contribution in [0.1, 0.15) is 31.1 Å². The molecule has 0 bridgehead atoms. The highest BCUT2D eigenvalue weighted by molar-refractivity contribution is 5.69. The van der Waals surface area contributed by atoms with Crippen LogP contribution in [0.15, 0.2) is 30.3 Å². The van der Waals surface area contributed by atoms with Gasteiger partial charge in [-0.25, -0.2) is 0 Å². The molecule has 1 aromatic rings. The lowest BCUT2D eigenvalue weighted by molar-refractivity contribution is 0.137. The summed E-state index contributed by atoms with van der Waals surface area (Å²) in [5.74, 6) is 0.231. The van der Waals surface area contributed by atoms with Crippen molar-refractivity contribution in [1.29, 1.82) is 0 Å². The number of allylic oxidation sites excluding steroid dienone is 1. The molecular formula is C12H14O. The van der Waals surface area contributed by atoms with E-state index in [-0.39, 0.29) is 12.0 Å². The number of aliphatic hydroxyl groups is 1. The van der Waals surface area contributed by atoms with Gasteiger partial charge in [0.1, 0.15) is 0 Å². The Bertz CT molecular complexity index is 352. The number of hydrogen-bond acceptors (Lipinski definition) is 1. The Morgan fingerprint density at radius 1 is 1.23 bits per heavy atom. The molecule has 1 aliphatic rings. The molecule has 1 nitrogen and oxygen atoms in total. The van der Waals surface area contributed by atoms with Crippen molar-refractivity contribution < 1.29 is 5.11 Å². The first-order valence-corrected chi connectivity index (χ1v) is 4.66. The van der Waals surface area contributed by atoms with Gasteiger partial charge in [-0.3, -0.25) is 0 Å². The Balaban J connectivity index is 2.58. The molecule has 13 heavy (non-hydrogen) atoms. The maximum Gasteiger partial charge on any atom is 0.0856 e. The van der Waals surface area contributed by atoms with Crippen LogP contribution < -0.4 is 0 Å². The van der Waals surface area contributed by atoms with Gasteiger partial charge in [0, 0.05) is 5.92 Å². The van der Waals surface area contributed by atoms with E-state index >= 15 is 0 Å². The molecule has 68 valence electrons. The Morgan fingerprint density at radius 2 is 1.92 bits per heavy atom. The Kier molecular flexibility index (Phi) is 1.97. The van der Waals surface area contributed by atoms with Gasteiger partial charge >= 0.3 is 0 Å². The third-order valence-electron chi connectivity index (χ3n) is 2.72. The second-order valence-corrected chi connectivity index (χ2v) is 3.74. The van der Waals surface area contributed by atoms with E-state index in [1.165, 1.54) is 11.1 Å². The molecule has 0 unspecified atom stereocenters. The molecule has 0 fully saturated rings. The summed E-state index contributed by atoms with van der Waals surface area (Å²) < 4.78 is 0. The lowest BCUT2D eigenvalue weighted by Crippen LogP contribution is -2.13. The van der Waals surface area contributed by atoms with E-state index in [0.29, 0.717) is 0 Å². The van der Waals surface area contributed by atoms with Gasteiger partial charge in [0.25, 0.3) is 0 Å².